The third-order valence-electron chi connectivity index (χ3n) is 2.03. The topological polar surface area (TPSA) is 63.4 Å². The van der Waals surface area contributed by atoms with E-state index in [0.717, 1.165) is 0 Å². The number of hydrogen-bond acceptors (Lipinski definition) is 3. The van der Waals surface area contributed by atoms with Crippen LogP contribution in [0.4, 0.5) is 5.69 Å². The number of aliphatic hydroxyl groups is 1. The van der Waals surface area contributed by atoms with Gasteiger partial charge in [-0.15, -0.1) is 0 Å². The van der Waals surface area contributed by atoms with Gasteiger partial charge in [-0.25, -0.2) is 0 Å². The third kappa shape index (κ3) is 2.51. The molecule has 0 bridgehead atoms. The van der Waals surface area contributed by atoms with E-state index in [1.54, 1.807) is 0 Å². The van der Waals surface area contributed by atoms with Crippen molar-refractivity contribution in [1.29, 1.82) is 0 Å². The van der Waals surface area contributed by atoms with Crippen LogP contribution in [-0.2, 0) is 0 Å². The zero-order valence-corrected chi connectivity index (χ0v) is 8.09. The van der Waals surface area contributed by atoms with E-state index in [4.69, 9.17) is 0 Å². The fourth-order valence-electron chi connectivity index (χ4n) is 1.10. The number of nitrogens with zero attached hydrogens (tertiary/aromatic N) is 1. The second-order valence-electron chi connectivity index (χ2n) is 3.03. The zero-order valence-electron chi connectivity index (χ0n) is 8.09. The van der Waals surface area contributed by atoms with Gasteiger partial charge in [0.15, 0.2) is 0 Å². The Morgan fingerprint density at radius 3 is 2.40 bits per heavy atom. The molecule has 0 amide bonds. The molecule has 0 saturated heterocycles. The van der Waals surface area contributed by atoms with Crippen LogP contribution in [0.5, 0.6) is 0 Å². The van der Waals surface area contributed by atoms with Crippen LogP contribution in [0.1, 0.15) is 11.7 Å². The van der Waals surface area contributed by atoms with E-state index >= 15 is 0 Å². The summed E-state index contributed by atoms with van der Waals surface area (Å²) < 4.78 is 0. The van der Waals surface area contributed by atoms with E-state index < -0.39 is 11.0 Å². The van der Waals surface area contributed by atoms with E-state index in [1.807, 2.05) is 0 Å². The van der Waals surface area contributed by atoms with Gasteiger partial charge in [0.25, 0.3) is 5.69 Å². The molecule has 1 atom stereocenters. The van der Waals surface area contributed by atoms with Crippen LogP contribution < -0.4 is 0 Å². The molecule has 0 spiro atoms. The van der Waals surface area contributed by atoms with Crippen LogP contribution in [0.3, 0.4) is 0 Å². The monoisotopic (exact) mass is 205 g/mol. The van der Waals surface area contributed by atoms with Crippen LogP contribution in [-0.4, -0.2) is 10.0 Å². The molecule has 0 aliphatic carbocycles. The second-order valence-corrected chi connectivity index (χ2v) is 3.03. The highest BCUT2D eigenvalue weighted by Crippen LogP contribution is 2.22. The highest BCUT2D eigenvalue weighted by molar-refractivity contribution is 5.37. The molecular weight excluding hydrogens is 194 g/mol. The van der Waals surface area contributed by atoms with Gasteiger partial charge in [-0.05, 0) is 23.3 Å². The molecule has 0 heterocycles. The quantitative estimate of drug-likeness (QED) is 0.466. The maximum atomic E-state index is 10.4. The lowest BCUT2D eigenvalue weighted by Crippen LogP contribution is -1.98. The number of non-ortho nitro benzene ring substituents is 1. The summed E-state index contributed by atoms with van der Waals surface area (Å²) in [5, 5.41) is 20.1. The Kier molecular flexibility index (Phi) is 3.36. The Bertz CT molecular complexity index is 395. The van der Waals surface area contributed by atoms with Crippen LogP contribution in [0.25, 0.3) is 0 Å². The van der Waals surface area contributed by atoms with Crippen molar-refractivity contribution in [2.24, 2.45) is 0 Å². The number of aliphatic hydroxyl groups excluding tert-OH is 1. The van der Waals surface area contributed by atoms with Gasteiger partial charge in [0.1, 0.15) is 6.10 Å². The van der Waals surface area contributed by atoms with E-state index in [0.29, 0.717) is 11.1 Å². The van der Waals surface area contributed by atoms with Gasteiger partial charge < -0.3 is 5.11 Å². The number of nitro groups is 1. The fourth-order valence-corrected chi connectivity index (χ4v) is 1.10. The Morgan fingerprint density at radius 2 is 2.00 bits per heavy atom. The summed E-state index contributed by atoms with van der Waals surface area (Å²) in [5.74, 6) is 0. The first-order valence-electron chi connectivity index (χ1n) is 4.30. The van der Waals surface area contributed by atoms with E-state index in [1.165, 1.54) is 30.3 Å². The highest BCUT2D eigenvalue weighted by Gasteiger charge is 2.11. The predicted molar refractivity (Wildman–Crippen MR) is 57.4 cm³/mol. The number of hydrogen-bond donors (Lipinski definition) is 1. The molecule has 0 aliphatic rings. The van der Waals surface area contributed by atoms with Crippen molar-refractivity contribution < 1.29 is 10.0 Å². The van der Waals surface area contributed by atoms with Gasteiger partial charge in [-0.2, -0.15) is 0 Å². The van der Waals surface area contributed by atoms with Gasteiger partial charge >= 0.3 is 0 Å². The van der Waals surface area contributed by atoms with Gasteiger partial charge in [0.05, 0.1) is 4.92 Å². The lowest BCUT2D eigenvalue weighted by molar-refractivity contribution is -0.384. The molecule has 0 radical (unpaired) electrons. The molecule has 78 valence electrons. The maximum Gasteiger partial charge on any atom is 0.269 e. The normalized spacial score (nSPS) is 11.8. The number of nitro benzene ring substituents is 1. The van der Waals surface area contributed by atoms with Crippen LogP contribution >= 0.6 is 0 Å². The van der Waals surface area contributed by atoms with Crippen molar-refractivity contribution in [3.8, 4) is 0 Å². The first-order chi connectivity index (χ1) is 7.06. The minimum Gasteiger partial charge on any atom is -0.384 e. The van der Waals surface area contributed by atoms with Crippen LogP contribution in [0.2, 0.25) is 0 Å². The largest absolute Gasteiger partial charge is 0.384 e. The fraction of sp³-hybridized carbons (Fsp3) is 0.0909. The van der Waals surface area contributed by atoms with Gasteiger partial charge in [0.2, 0.25) is 0 Å². The van der Waals surface area contributed by atoms with Crippen molar-refractivity contribution in [2.75, 3.05) is 0 Å². The SMILES string of the molecule is C=CC(=C)[C@@H](O)c1ccc([N+](=O)[O-])cc1. The summed E-state index contributed by atoms with van der Waals surface area (Å²) in [6.45, 7) is 7.09. The lowest BCUT2D eigenvalue weighted by atomic mass is 10.0. The van der Waals surface area contributed by atoms with E-state index in [9.17, 15) is 15.2 Å². The van der Waals surface area contributed by atoms with E-state index in [2.05, 4.69) is 13.2 Å². The molecule has 0 aliphatic heterocycles. The highest BCUT2D eigenvalue weighted by atomic mass is 16.6. The summed E-state index contributed by atoms with van der Waals surface area (Å²) >= 11 is 0. The van der Waals surface area contributed by atoms with Crippen molar-refractivity contribution in [1.82, 2.24) is 0 Å². The smallest absolute Gasteiger partial charge is 0.269 e. The van der Waals surface area contributed by atoms with Crippen molar-refractivity contribution >= 4 is 5.69 Å². The summed E-state index contributed by atoms with van der Waals surface area (Å²) in [5.41, 5.74) is 1.02. The maximum absolute atomic E-state index is 10.4. The minimum absolute atomic E-state index is 0.00448. The number of rotatable bonds is 4. The van der Waals surface area contributed by atoms with Gasteiger partial charge in [-0.1, -0.05) is 19.2 Å². The molecule has 1 N–H and O–H groups in total. The van der Waals surface area contributed by atoms with E-state index in [-0.39, 0.29) is 5.69 Å². The molecule has 0 unspecified atom stereocenters. The summed E-state index contributed by atoms with van der Waals surface area (Å²) in [7, 11) is 0. The summed E-state index contributed by atoms with van der Waals surface area (Å²) in [6, 6.07) is 5.68. The third-order valence-corrected chi connectivity index (χ3v) is 2.03. The molecular formula is C11H11NO3. The predicted octanol–water partition coefficient (Wildman–Crippen LogP) is 2.37. The Balaban J connectivity index is 2.93. The molecule has 0 aromatic heterocycles. The molecule has 0 fully saturated rings. The first-order valence-corrected chi connectivity index (χ1v) is 4.30. The summed E-state index contributed by atoms with van der Waals surface area (Å²) in [4.78, 5) is 9.89. The molecule has 1 aromatic carbocycles. The Morgan fingerprint density at radius 1 is 1.47 bits per heavy atom. The van der Waals surface area contributed by atoms with Crippen LogP contribution in [0, 0.1) is 10.1 Å². The van der Waals surface area contributed by atoms with Crippen LogP contribution in [0.15, 0.2) is 49.1 Å². The average molecular weight is 205 g/mol. The molecule has 0 saturated carbocycles. The summed E-state index contributed by atoms with van der Waals surface area (Å²) in [6.07, 6.45) is 0.592. The first kappa shape index (κ1) is 11.1. The molecule has 4 nitrogen and oxygen atoms in total. The molecule has 1 rings (SSSR count). The Hall–Kier alpha value is -1.94. The Labute approximate surface area is 87.3 Å². The number of benzene rings is 1. The zero-order chi connectivity index (χ0) is 11.4. The van der Waals surface area contributed by atoms with Crippen molar-refractivity contribution in [3.63, 3.8) is 0 Å². The average Bonchev–Trinajstić information content (AvgIpc) is 2.27. The molecule has 1 aromatic rings. The molecule has 15 heavy (non-hydrogen) atoms. The van der Waals surface area contributed by atoms with Gasteiger partial charge in [-0.3, -0.25) is 10.1 Å². The van der Waals surface area contributed by atoms with Crippen molar-refractivity contribution in [2.45, 2.75) is 6.10 Å². The minimum atomic E-state index is -0.858. The lowest BCUT2D eigenvalue weighted by Gasteiger charge is -2.10. The molecule has 4 heteroatoms. The standard InChI is InChI=1S/C11H11NO3/c1-3-8(2)11(13)9-4-6-10(7-5-9)12(14)15/h3-7,11,13H,1-2H2/t11-/m1/s1. The second kappa shape index (κ2) is 4.52. The van der Waals surface area contributed by atoms with Crippen molar-refractivity contribution in [3.05, 3.63) is 64.8 Å². The van der Waals surface area contributed by atoms with Gasteiger partial charge in [0, 0.05) is 12.1 Å².